The van der Waals surface area contributed by atoms with Gasteiger partial charge >= 0.3 is 6.03 Å². The van der Waals surface area contributed by atoms with E-state index in [1.807, 2.05) is 11.8 Å². The highest BCUT2D eigenvalue weighted by Gasteiger charge is 2.28. The van der Waals surface area contributed by atoms with Crippen LogP contribution in [0, 0.1) is 0 Å². The summed E-state index contributed by atoms with van der Waals surface area (Å²) in [5.74, 6) is 0. The number of nitrogens with one attached hydrogen (secondary N) is 1. The zero-order valence-corrected chi connectivity index (χ0v) is 10.9. The standard InChI is InChI=1S/C13H24N2O2/c1-10-6-3-4-8-15(10)13(16)14-11(2)12-7-5-9-17-12/h10-12H,3-9H2,1-2H3,(H,14,16). The predicted octanol–water partition coefficient (Wildman–Crippen LogP) is 2.14. The molecule has 0 radical (unpaired) electrons. The third kappa shape index (κ3) is 3.12. The van der Waals surface area contributed by atoms with Gasteiger partial charge in [-0.1, -0.05) is 0 Å². The van der Waals surface area contributed by atoms with Crippen molar-refractivity contribution in [3.05, 3.63) is 0 Å². The predicted molar refractivity (Wildman–Crippen MR) is 67.0 cm³/mol. The second kappa shape index (κ2) is 5.71. The van der Waals surface area contributed by atoms with E-state index in [4.69, 9.17) is 4.74 Å². The lowest BCUT2D eigenvalue weighted by molar-refractivity contribution is 0.0806. The Labute approximate surface area is 104 Å². The molecule has 0 spiro atoms. The lowest BCUT2D eigenvalue weighted by atomic mass is 10.0. The highest BCUT2D eigenvalue weighted by atomic mass is 16.5. The number of likely N-dealkylation sites (tertiary alicyclic amines) is 1. The van der Waals surface area contributed by atoms with Crippen LogP contribution < -0.4 is 5.32 Å². The van der Waals surface area contributed by atoms with Gasteiger partial charge in [0, 0.05) is 19.2 Å². The Hall–Kier alpha value is -0.770. The molecular formula is C13H24N2O2. The Bertz CT molecular complexity index is 264. The number of urea groups is 1. The topological polar surface area (TPSA) is 41.6 Å². The maximum absolute atomic E-state index is 12.1. The highest BCUT2D eigenvalue weighted by molar-refractivity contribution is 5.75. The molecule has 98 valence electrons. The molecule has 2 heterocycles. The van der Waals surface area contributed by atoms with Gasteiger partial charge in [0.2, 0.25) is 0 Å². The molecule has 0 aliphatic carbocycles. The molecule has 4 heteroatoms. The highest BCUT2D eigenvalue weighted by Crippen LogP contribution is 2.18. The van der Waals surface area contributed by atoms with Gasteiger partial charge in [-0.3, -0.25) is 0 Å². The van der Waals surface area contributed by atoms with Crippen LogP contribution >= 0.6 is 0 Å². The van der Waals surface area contributed by atoms with E-state index in [0.29, 0.717) is 6.04 Å². The van der Waals surface area contributed by atoms with Gasteiger partial charge in [-0.2, -0.15) is 0 Å². The van der Waals surface area contributed by atoms with E-state index in [9.17, 15) is 4.79 Å². The summed E-state index contributed by atoms with van der Waals surface area (Å²) in [7, 11) is 0. The monoisotopic (exact) mass is 240 g/mol. The van der Waals surface area contributed by atoms with Crippen molar-refractivity contribution in [3.63, 3.8) is 0 Å². The van der Waals surface area contributed by atoms with Crippen molar-refractivity contribution in [2.24, 2.45) is 0 Å². The summed E-state index contributed by atoms with van der Waals surface area (Å²) in [5, 5.41) is 3.08. The molecule has 0 aromatic rings. The number of carbonyl (C=O) groups excluding carboxylic acids is 1. The van der Waals surface area contributed by atoms with Gasteiger partial charge in [0.15, 0.2) is 0 Å². The summed E-state index contributed by atoms with van der Waals surface area (Å²) in [6.45, 7) is 5.91. The van der Waals surface area contributed by atoms with Crippen molar-refractivity contribution in [1.82, 2.24) is 10.2 Å². The van der Waals surface area contributed by atoms with Gasteiger partial charge in [-0.25, -0.2) is 4.79 Å². The van der Waals surface area contributed by atoms with Gasteiger partial charge in [0.1, 0.15) is 0 Å². The van der Waals surface area contributed by atoms with Crippen molar-refractivity contribution >= 4 is 6.03 Å². The lowest BCUT2D eigenvalue weighted by Crippen LogP contribution is -2.52. The summed E-state index contributed by atoms with van der Waals surface area (Å²) in [5.41, 5.74) is 0. The van der Waals surface area contributed by atoms with Gasteiger partial charge in [0.25, 0.3) is 0 Å². The molecule has 2 saturated heterocycles. The van der Waals surface area contributed by atoms with Crippen LogP contribution in [0.15, 0.2) is 0 Å². The summed E-state index contributed by atoms with van der Waals surface area (Å²) in [4.78, 5) is 14.1. The third-order valence-electron chi connectivity index (χ3n) is 3.94. The van der Waals surface area contributed by atoms with Crippen LogP contribution in [0.3, 0.4) is 0 Å². The zero-order valence-electron chi connectivity index (χ0n) is 10.9. The maximum atomic E-state index is 12.1. The minimum absolute atomic E-state index is 0.0835. The van der Waals surface area contributed by atoms with Gasteiger partial charge in [-0.05, 0) is 46.0 Å². The molecule has 4 nitrogen and oxygen atoms in total. The van der Waals surface area contributed by atoms with E-state index >= 15 is 0 Å². The van der Waals surface area contributed by atoms with Crippen LogP contribution in [0.2, 0.25) is 0 Å². The van der Waals surface area contributed by atoms with Crippen LogP contribution in [0.4, 0.5) is 4.79 Å². The summed E-state index contributed by atoms with van der Waals surface area (Å²) >= 11 is 0. The van der Waals surface area contributed by atoms with Crippen LogP contribution in [0.1, 0.15) is 46.0 Å². The number of carbonyl (C=O) groups is 1. The average Bonchev–Trinajstić information content (AvgIpc) is 2.82. The van der Waals surface area contributed by atoms with E-state index in [1.165, 1.54) is 6.42 Å². The second-order valence-electron chi connectivity index (χ2n) is 5.33. The van der Waals surface area contributed by atoms with E-state index in [2.05, 4.69) is 12.2 Å². The lowest BCUT2D eigenvalue weighted by Gasteiger charge is -2.34. The number of piperidine rings is 1. The Morgan fingerprint density at radius 1 is 1.35 bits per heavy atom. The van der Waals surface area contributed by atoms with Crippen LogP contribution in [0.5, 0.6) is 0 Å². The smallest absolute Gasteiger partial charge is 0.317 e. The maximum Gasteiger partial charge on any atom is 0.317 e. The first-order chi connectivity index (χ1) is 8.18. The molecule has 2 fully saturated rings. The minimum atomic E-state index is 0.0835. The summed E-state index contributed by atoms with van der Waals surface area (Å²) < 4.78 is 5.60. The number of hydrogen-bond acceptors (Lipinski definition) is 2. The van der Waals surface area contributed by atoms with Crippen molar-refractivity contribution in [2.45, 2.75) is 64.1 Å². The number of amides is 2. The van der Waals surface area contributed by atoms with E-state index in [-0.39, 0.29) is 18.2 Å². The Morgan fingerprint density at radius 3 is 2.82 bits per heavy atom. The Balaban J connectivity index is 1.82. The van der Waals surface area contributed by atoms with Gasteiger partial charge in [0.05, 0.1) is 12.1 Å². The minimum Gasteiger partial charge on any atom is -0.376 e. The molecule has 0 bridgehead atoms. The SMILES string of the molecule is CC(NC(=O)N1CCCCC1C)C1CCCO1. The third-order valence-corrected chi connectivity index (χ3v) is 3.94. The Kier molecular flexibility index (Phi) is 4.26. The van der Waals surface area contributed by atoms with Crippen molar-refractivity contribution in [3.8, 4) is 0 Å². The fraction of sp³-hybridized carbons (Fsp3) is 0.923. The molecule has 0 aromatic heterocycles. The normalized spacial score (nSPS) is 31.3. The molecule has 3 unspecified atom stereocenters. The van der Waals surface area contributed by atoms with Gasteiger partial charge in [-0.15, -0.1) is 0 Å². The molecule has 3 atom stereocenters. The van der Waals surface area contributed by atoms with Crippen molar-refractivity contribution in [1.29, 1.82) is 0 Å². The molecule has 0 saturated carbocycles. The van der Waals surface area contributed by atoms with Gasteiger partial charge < -0.3 is 15.0 Å². The average molecular weight is 240 g/mol. The number of hydrogen-bond donors (Lipinski definition) is 1. The largest absolute Gasteiger partial charge is 0.376 e. The van der Waals surface area contributed by atoms with Crippen LogP contribution in [0.25, 0.3) is 0 Å². The van der Waals surface area contributed by atoms with Crippen LogP contribution in [-0.2, 0) is 4.74 Å². The quantitative estimate of drug-likeness (QED) is 0.803. The van der Waals surface area contributed by atoms with Crippen molar-refractivity contribution < 1.29 is 9.53 Å². The zero-order chi connectivity index (χ0) is 12.3. The first-order valence-electron chi connectivity index (χ1n) is 6.87. The molecule has 2 aliphatic heterocycles. The molecule has 0 aromatic carbocycles. The first-order valence-corrected chi connectivity index (χ1v) is 6.87. The molecule has 2 amide bonds. The molecule has 1 N–H and O–H groups in total. The number of rotatable bonds is 2. The molecule has 17 heavy (non-hydrogen) atoms. The first kappa shape index (κ1) is 12.7. The fourth-order valence-corrected chi connectivity index (χ4v) is 2.77. The second-order valence-corrected chi connectivity index (χ2v) is 5.33. The fourth-order valence-electron chi connectivity index (χ4n) is 2.77. The summed E-state index contributed by atoms with van der Waals surface area (Å²) in [6.07, 6.45) is 5.89. The molecule has 2 rings (SSSR count). The van der Waals surface area contributed by atoms with E-state index in [1.54, 1.807) is 0 Å². The number of ether oxygens (including phenoxy) is 1. The van der Waals surface area contributed by atoms with Crippen molar-refractivity contribution in [2.75, 3.05) is 13.2 Å². The number of nitrogens with zero attached hydrogens (tertiary/aromatic N) is 1. The summed E-state index contributed by atoms with van der Waals surface area (Å²) in [6, 6.07) is 0.583. The molecule has 2 aliphatic rings. The van der Waals surface area contributed by atoms with Crippen LogP contribution in [-0.4, -0.2) is 42.3 Å². The molecular weight excluding hydrogens is 216 g/mol. The Morgan fingerprint density at radius 2 is 2.18 bits per heavy atom. The van der Waals surface area contributed by atoms with E-state index in [0.717, 1.165) is 38.8 Å². The van der Waals surface area contributed by atoms with E-state index < -0.39 is 0 Å².